The fraction of sp³-hybridized carbons (Fsp3) is 0.500. The quantitative estimate of drug-likeness (QED) is 0.756. The number of nitrogens with one attached hydrogen (secondary N) is 1. The van der Waals surface area contributed by atoms with Crippen molar-refractivity contribution in [3.8, 4) is 0 Å². The van der Waals surface area contributed by atoms with E-state index in [-0.39, 0.29) is 18.2 Å². The molecule has 8 heteroatoms. The second-order valence-corrected chi connectivity index (χ2v) is 6.13. The number of carboxylic acids is 1. The molecule has 0 aliphatic carbocycles. The second-order valence-electron chi connectivity index (χ2n) is 5.35. The highest BCUT2D eigenvalue weighted by Crippen LogP contribution is 2.15. The van der Waals surface area contributed by atoms with Crippen LogP contribution >= 0.6 is 15.9 Å². The molecular weight excluding hydrogens is 356 g/mol. The van der Waals surface area contributed by atoms with Gasteiger partial charge in [-0.25, -0.2) is 4.79 Å². The number of furan rings is 1. The standard InChI is InChI=1S/C14H19BrN2O5/c1-8(2)6-9(14(20)21)16-12(18)7-17(3)13(19)10-4-5-11(15)22-10/h4-5,8-9H,6-7H2,1-3H3,(H,16,18)(H,20,21). The van der Waals surface area contributed by atoms with Gasteiger partial charge in [0.05, 0.1) is 6.54 Å². The van der Waals surface area contributed by atoms with Crippen molar-refractivity contribution >= 4 is 33.7 Å². The number of amides is 2. The molecule has 0 bridgehead atoms. The molecule has 122 valence electrons. The van der Waals surface area contributed by atoms with Gasteiger partial charge in [-0.1, -0.05) is 13.8 Å². The highest BCUT2D eigenvalue weighted by molar-refractivity contribution is 9.10. The van der Waals surface area contributed by atoms with Crippen molar-refractivity contribution in [3.05, 3.63) is 22.6 Å². The summed E-state index contributed by atoms with van der Waals surface area (Å²) in [5, 5.41) is 11.5. The van der Waals surface area contributed by atoms with Crippen molar-refractivity contribution in [2.75, 3.05) is 13.6 Å². The van der Waals surface area contributed by atoms with E-state index in [1.54, 1.807) is 6.07 Å². The van der Waals surface area contributed by atoms with Gasteiger partial charge >= 0.3 is 5.97 Å². The van der Waals surface area contributed by atoms with E-state index in [2.05, 4.69) is 21.2 Å². The Balaban J connectivity index is 2.59. The van der Waals surface area contributed by atoms with E-state index in [1.165, 1.54) is 13.1 Å². The zero-order valence-electron chi connectivity index (χ0n) is 12.6. The van der Waals surface area contributed by atoms with Crippen LogP contribution in [-0.2, 0) is 9.59 Å². The van der Waals surface area contributed by atoms with Crippen LogP contribution in [0.3, 0.4) is 0 Å². The van der Waals surface area contributed by atoms with Crippen molar-refractivity contribution in [3.63, 3.8) is 0 Å². The molecule has 0 aromatic carbocycles. The summed E-state index contributed by atoms with van der Waals surface area (Å²) in [7, 11) is 1.44. The fourth-order valence-electron chi connectivity index (χ4n) is 1.84. The third-order valence-electron chi connectivity index (χ3n) is 2.85. The molecule has 0 spiro atoms. The topological polar surface area (TPSA) is 99.9 Å². The van der Waals surface area contributed by atoms with Gasteiger partial charge in [-0.2, -0.15) is 0 Å². The second kappa shape index (κ2) is 7.98. The van der Waals surface area contributed by atoms with Crippen LogP contribution in [0.2, 0.25) is 0 Å². The molecular formula is C14H19BrN2O5. The minimum absolute atomic E-state index is 0.0964. The van der Waals surface area contributed by atoms with Crippen LogP contribution < -0.4 is 5.32 Å². The Labute approximate surface area is 136 Å². The maximum Gasteiger partial charge on any atom is 0.326 e. The number of likely N-dealkylation sites (N-methyl/N-ethyl adjacent to an activating group) is 1. The molecule has 1 aromatic rings. The van der Waals surface area contributed by atoms with Crippen molar-refractivity contribution < 1.29 is 23.9 Å². The molecule has 0 saturated carbocycles. The van der Waals surface area contributed by atoms with Gasteiger partial charge in [-0.05, 0) is 40.4 Å². The number of halogens is 1. The molecule has 0 radical (unpaired) electrons. The summed E-state index contributed by atoms with van der Waals surface area (Å²) in [6, 6.07) is 2.10. The average Bonchev–Trinajstić information content (AvgIpc) is 2.82. The average molecular weight is 375 g/mol. The molecule has 1 atom stereocenters. The van der Waals surface area contributed by atoms with Crippen LogP contribution in [0.15, 0.2) is 21.2 Å². The summed E-state index contributed by atoms with van der Waals surface area (Å²) >= 11 is 3.09. The Kier molecular flexibility index (Phi) is 6.61. The van der Waals surface area contributed by atoms with Gasteiger partial charge in [0.25, 0.3) is 5.91 Å². The fourth-order valence-corrected chi connectivity index (χ4v) is 2.14. The van der Waals surface area contributed by atoms with Crippen LogP contribution in [0.1, 0.15) is 30.8 Å². The zero-order chi connectivity index (χ0) is 16.9. The van der Waals surface area contributed by atoms with Crippen molar-refractivity contribution in [2.24, 2.45) is 5.92 Å². The number of nitrogens with zero attached hydrogens (tertiary/aromatic N) is 1. The first kappa shape index (κ1) is 18.2. The van der Waals surface area contributed by atoms with Crippen molar-refractivity contribution in [1.82, 2.24) is 10.2 Å². The highest BCUT2D eigenvalue weighted by atomic mass is 79.9. The molecule has 7 nitrogen and oxygen atoms in total. The summed E-state index contributed by atoms with van der Waals surface area (Å²) in [6.45, 7) is 3.48. The summed E-state index contributed by atoms with van der Waals surface area (Å²) in [4.78, 5) is 36.1. The van der Waals surface area contributed by atoms with Crippen LogP contribution in [-0.4, -0.2) is 47.4 Å². The van der Waals surface area contributed by atoms with Gasteiger partial charge in [-0.3, -0.25) is 9.59 Å². The van der Waals surface area contributed by atoms with Gasteiger partial charge in [0.2, 0.25) is 5.91 Å². The van der Waals surface area contributed by atoms with Crippen molar-refractivity contribution in [1.29, 1.82) is 0 Å². The third-order valence-corrected chi connectivity index (χ3v) is 3.28. The molecule has 2 N–H and O–H groups in total. The lowest BCUT2D eigenvalue weighted by molar-refractivity contribution is -0.142. The molecule has 22 heavy (non-hydrogen) atoms. The molecule has 0 saturated heterocycles. The lowest BCUT2D eigenvalue weighted by Gasteiger charge is -2.19. The highest BCUT2D eigenvalue weighted by Gasteiger charge is 2.23. The first-order chi connectivity index (χ1) is 10.2. The Morgan fingerprint density at radius 3 is 2.45 bits per heavy atom. The van der Waals surface area contributed by atoms with Gasteiger partial charge in [0.1, 0.15) is 6.04 Å². The van der Waals surface area contributed by atoms with Gasteiger partial charge in [0.15, 0.2) is 10.4 Å². The Morgan fingerprint density at radius 2 is 2.00 bits per heavy atom. The van der Waals surface area contributed by atoms with E-state index in [0.717, 1.165) is 4.90 Å². The SMILES string of the molecule is CC(C)CC(NC(=O)CN(C)C(=O)c1ccc(Br)o1)C(=O)O. The summed E-state index contributed by atoms with van der Waals surface area (Å²) in [5.74, 6) is -1.86. The van der Waals surface area contributed by atoms with E-state index in [0.29, 0.717) is 11.1 Å². The van der Waals surface area contributed by atoms with Crippen LogP contribution in [0.25, 0.3) is 0 Å². The van der Waals surface area contributed by atoms with E-state index in [4.69, 9.17) is 9.52 Å². The molecule has 2 amide bonds. The molecule has 1 aromatic heterocycles. The van der Waals surface area contributed by atoms with Crippen molar-refractivity contribution in [2.45, 2.75) is 26.3 Å². The minimum atomic E-state index is -1.09. The number of carboxylic acid groups (broad SMARTS) is 1. The molecule has 1 rings (SSSR count). The lowest BCUT2D eigenvalue weighted by atomic mass is 10.0. The predicted octanol–water partition coefficient (Wildman–Crippen LogP) is 1.73. The predicted molar refractivity (Wildman–Crippen MR) is 82.4 cm³/mol. The first-order valence-electron chi connectivity index (χ1n) is 6.73. The Hall–Kier alpha value is -1.83. The van der Waals surface area contributed by atoms with Gasteiger partial charge in [0, 0.05) is 7.05 Å². The molecule has 1 heterocycles. The number of hydrogen-bond donors (Lipinski definition) is 2. The Morgan fingerprint density at radius 1 is 1.36 bits per heavy atom. The largest absolute Gasteiger partial charge is 0.480 e. The molecule has 0 fully saturated rings. The van der Waals surface area contributed by atoms with Crippen LogP contribution in [0.5, 0.6) is 0 Å². The summed E-state index contributed by atoms with van der Waals surface area (Å²) < 4.78 is 5.53. The van der Waals surface area contributed by atoms with E-state index in [9.17, 15) is 14.4 Å². The molecule has 0 aliphatic rings. The molecule has 1 unspecified atom stereocenters. The number of carbonyl (C=O) groups is 3. The number of aliphatic carboxylic acids is 1. The number of hydrogen-bond acceptors (Lipinski definition) is 4. The maximum atomic E-state index is 12.0. The zero-order valence-corrected chi connectivity index (χ0v) is 14.2. The third kappa shape index (κ3) is 5.51. The smallest absolute Gasteiger partial charge is 0.326 e. The lowest BCUT2D eigenvalue weighted by Crippen LogP contribution is -2.46. The van der Waals surface area contributed by atoms with E-state index in [1.807, 2.05) is 13.8 Å². The van der Waals surface area contributed by atoms with Crippen LogP contribution in [0.4, 0.5) is 0 Å². The van der Waals surface area contributed by atoms with Crippen LogP contribution in [0, 0.1) is 5.92 Å². The van der Waals surface area contributed by atoms with Gasteiger partial charge in [-0.15, -0.1) is 0 Å². The van der Waals surface area contributed by atoms with E-state index < -0.39 is 23.8 Å². The number of carbonyl (C=O) groups excluding carboxylic acids is 2. The molecule has 0 aliphatic heterocycles. The first-order valence-corrected chi connectivity index (χ1v) is 7.53. The summed E-state index contributed by atoms with van der Waals surface area (Å²) in [5.41, 5.74) is 0. The van der Waals surface area contributed by atoms with E-state index >= 15 is 0 Å². The summed E-state index contributed by atoms with van der Waals surface area (Å²) in [6.07, 6.45) is 0.323. The minimum Gasteiger partial charge on any atom is -0.480 e. The maximum absolute atomic E-state index is 12.0. The number of rotatable bonds is 7. The Bertz CT molecular complexity index is 555. The normalized spacial score (nSPS) is 12.0. The van der Waals surface area contributed by atoms with Gasteiger partial charge < -0.3 is 19.7 Å². The monoisotopic (exact) mass is 374 g/mol.